The lowest BCUT2D eigenvalue weighted by Crippen LogP contribution is -2.18. The number of hydrogen-bond donors (Lipinski definition) is 2. The fourth-order valence-corrected chi connectivity index (χ4v) is 2.06. The summed E-state index contributed by atoms with van der Waals surface area (Å²) >= 11 is 0. The van der Waals surface area contributed by atoms with Crippen LogP contribution in [0.2, 0.25) is 0 Å². The molecule has 4 heteroatoms. The van der Waals surface area contributed by atoms with Gasteiger partial charge in [-0.3, -0.25) is 0 Å². The summed E-state index contributed by atoms with van der Waals surface area (Å²) in [4.78, 5) is 3.22. The molecular weight excluding hydrogens is 228 g/mol. The Morgan fingerprint density at radius 3 is 2.56 bits per heavy atom. The largest absolute Gasteiger partial charge is 0.497 e. The highest BCUT2D eigenvalue weighted by Crippen LogP contribution is 2.32. The third-order valence-electron chi connectivity index (χ3n) is 2.97. The number of hydrogen-bond acceptors (Lipinski definition) is 3. The first kappa shape index (κ1) is 12.5. The Hall–Kier alpha value is -1.94. The topological polar surface area (TPSA) is 46.3 Å². The first-order chi connectivity index (χ1) is 8.80. The highest BCUT2D eigenvalue weighted by molar-refractivity contribution is 5.45. The van der Waals surface area contributed by atoms with Crippen molar-refractivity contribution in [1.29, 1.82) is 0 Å². The Balaban J connectivity index is 2.42. The van der Waals surface area contributed by atoms with Gasteiger partial charge >= 0.3 is 0 Å². The van der Waals surface area contributed by atoms with Crippen molar-refractivity contribution in [3.8, 4) is 11.5 Å². The van der Waals surface area contributed by atoms with Gasteiger partial charge in [0.05, 0.1) is 20.3 Å². The van der Waals surface area contributed by atoms with Crippen molar-refractivity contribution in [2.45, 2.75) is 6.04 Å². The third-order valence-corrected chi connectivity index (χ3v) is 2.97. The Morgan fingerprint density at radius 1 is 1.17 bits per heavy atom. The molecule has 0 saturated heterocycles. The minimum Gasteiger partial charge on any atom is -0.497 e. The highest BCUT2D eigenvalue weighted by Gasteiger charge is 2.17. The zero-order valence-electron chi connectivity index (χ0n) is 10.9. The van der Waals surface area contributed by atoms with Gasteiger partial charge in [0.15, 0.2) is 0 Å². The van der Waals surface area contributed by atoms with Crippen LogP contribution in [0.25, 0.3) is 0 Å². The molecular formula is C14H18N2O2. The van der Waals surface area contributed by atoms with E-state index in [1.165, 1.54) is 0 Å². The Labute approximate surface area is 107 Å². The van der Waals surface area contributed by atoms with E-state index in [-0.39, 0.29) is 6.04 Å². The van der Waals surface area contributed by atoms with Crippen LogP contribution >= 0.6 is 0 Å². The average Bonchev–Trinajstić information content (AvgIpc) is 2.94. The summed E-state index contributed by atoms with van der Waals surface area (Å²) in [5.41, 5.74) is 2.17. The lowest BCUT2D eigenvalue weighted by atomic mass is 10.0. The van der Waals surface area contributed by atoms with E-state index in [4.69, 9.17) is 9.47 Å². The summed E-state index contributed by atoms with van der Waals surface area (Å²) in [5.74, 6) is 1.60. The van der Waals surface area contributed by atoms with E-state index in [9.17, 15) is 0 Å². The van der Waals surface area contributed by atoms with Crippen LogP contribution in [0.3, 0.4) is 0 Å². The molecule has 2 N–H and O–H groups in total. The second-order valence-corrected chi connectivity index (χ2v) is 3.96. The van der Waals surface area contributed by atoms with Gasteiger partial charge in [0.25, 0.3) is 0 Å². The summed E-state index contributed by atoms with van der Waals surface area (Å²) in [6.07, 6.45) is 1.91. The summed E-state index contributed by atoms with van der Waals surface area (Å²) in [7, 11) is 5.24. The lowest BCUT2D eigenvalue weighted by molar-refractivity contribution is 0.388. The zero-order chi connectivity index (χ0) is 13.0. The number of H-pyrrole nitrogens is 1. The first-order valence-corrected chi connectivity index (χ1v) is 5.82. The number of nitrogens with one attached hydrogen (secondary N) is 2. The molecule has 18 heavy (non-hydrogen) atoms. The van der Waals surface area contributed by atoms with Crippen molar-refractivity contribution < 1.29 is 9.47 Å². The number of aromatic amines is 1. The van der Waals surface area contributed by atoms with Crippen LogP contribution in [0.1, 0.15) is 17.3 Å². The first-order valence-electron chi connectivity index (χ1n) is 5.82. The van der Waals surface area contributed by atoms with Gasteiger partial charge in [-0.2, -0.15) is 0 Å². The average molecular weight is 246 g/mol. The maximum atomic E-state index is 5.43. The molecule has 0 aliphatic rings. The van der Waals surface area contributed by atoms with Crippen LogP contribution < -0.4 is 14.8 Å². The molecule has 1 aromatic heterocycles. The predicted molar refractivity (Wildman–Crippen MR) is 71.2 cm³/mol. The second-order valence-electron chi connectivity index (χ2n) is 3.96. The van der Waals surface area contributed by atoms with E-state index in [1.807, 2.05) is 43.6 Å². The molecule has 0 fully saturated rings. The van der Waals surface area contributed by atoms with Crippen LogP contribution in [0.15, 0.2) is 36.5 Å². The van der Waals surface area contributed by atoms with Crippen molar-refractivity contribution in [3.63, 3.8) is 0 Å². The third kappa shape index (κ3) is 2.33. The van der Waals surface area contributed by atoms with E-state index in [0.29, 0.717) is 0 Å². The number of ether oxygens (including phenoxy) is 2. The monoisotopic (exact) mass is 246 g/mol. The SMILES string of the molecule is CNC(c1ccc[nH]1)c1ccc(OC)cc1OC. The van der Waals surface area contributed by atoms with Crippen molar-refractivity contribution in [1.82, 2.24) is 10.3 Å². The molecule has 0 aliphatic carbocycles. The molecule has 2 rings (SSSR count). The van der Waals surface area contributed by atoms with E-state index in [2.05, 4.69) is 10.3 Å². The van der Waals surface area contributed by atoms with Crippen molar-refractivity contribution in [2.75, 3.05) is 21.3 Å². The molecule has 0 amide bonds. The van der Waals surface area contributed by atoms with Crippen molar-refractivity contribution in [2.24, 2.45) is 0 Å². The zero-order valence-corrected chi connectivity index (χ0v) is 10.9. The molecule has 1 heterocycles. The summed E-state index contributed by atoms with van der Waals surface area (Å²) in [6, 6.07) is 9.94. The maximum Gasteiger partial charge on any atom is 0.127 e. The molecule has 1 aromatic carbocycles. The van der Waals surface area contributed by atoms with Crippen LogP contribution in [0.4, 0.5) is 0 Å². The van der Waals surface area contributed by atoms with Crippen molar-refractivity contribution in [3.05, 3.63) is 47.8 Å². The normalized spacial score (nSPS) is 12.2. The molecule has 0 saturated carbocycles. The van der Waals surface area contributed by atoms with Crippen LogP contribution in [-0.2, 0) is 0 Å². The van der Waals surface area contributed by atoms with Gasteiger partial charge in [-0.25, -0.2) is 0 Å². The van der Waals surface area contributed by atoms with Gasteiger partial charge in [-0.05, 0) is 31.3 Å². The standard InChI is InChI=1S/C14H18N2O2/c1-15-14(12-5-4-8-16-12)11-7-6-10(17-2)9-13(11)18-3/h4-9,14-16H,1-3H3. The molecule has 4 nitrogen and oxygen atoms in total. The van der Waals surface area contributed by atoms with Crippen molar-refractivity contribution >= 4 is 0 Å². The van der Waals surface area contributed by atoms with Gasteiger partial charge in [0, 0.05) is 23.5 Å². The summed E-state index contributed by atoms with van der Waals surface area (Å²) in [5, 5.41) is 3.28. The minimum absolute atomic E-state index is 0.0702. The lowest BCUT2D eigenvalue weighted by Gasteiger charge is -2.19. The van der Waals surface area contributed by atoms with Crippen LogP contribution in [0, 0.1) is 0 Å². The molecule has 0 aliphatic heterocycles. The predicted octanol–water partition coefficient (Wildman–Crippen LogP) is 2.34. The van der Waals surface area contributed by atoms with E-state index >= 15 is 0 Å². The molecule has 0 bridgehead atoms. The molecule has 2 aromatic rings. The molecule has 1 atom stereocenters. The molecule has 1 unspecified atom stereocenters. The van der Waals surface area contributed by atoms with E-state index in [1.54, 1.807) is 14.2 Å². The molecule has 0 spiro atoms. The smallest absolute Gasteiger partial charge is 0.127 e. The highest BCUT2D eigenvalue weighted by atomic mass is 16.5. The number of aromatic nitrogens is 1. The summed E-state index contributed by atoms with van der Waals surface area (Å²) < 4.78 is 10.6. The fourth-order valence-electron chi connectivity index (χ4n) is 2.06. The van der Waals surface area contributed by atoms with E-state index in [0.717, 1.165) is 22.8 Å². The van der Waals surface area contributed by atoms with Gasteiger partial charge in [-0.1, -0.05) is 0 Å². The van der Waals surface area contributed by atoms with Gasteiger partial charge < -0.3 is 19.8 Å². The Morgan fingerprint density at radius 2 is 2.00 bits per heavy atom. The number of benzene rings is 1. The maximum absolute atomic E-state index is 5.43. The van der Waals surface area contributed by atoms with Crippen LogP contribution in [0.5, 0.6) is 11.5 Å². The van der Waals surface area contributed by atoms with E-state index < -0.39 is 0 Å². The van der Waals surface area contributed by atoms with Gasteiger partial charge in [0.1, 0.15) is 11.5 Å². The van der Waals surface area contributed by atoms with Gasteiger partial charge in [-0.15, -0.1) is 0 Å². The van der Waals surface area contributed by atoms with Gasteiger partial charge in [0.2, 0.25) is 0 Å². The molecule has 0 radical (unpaired) electrons. The quantitative estimate of drug-likeness (QED) is 0.851. The Kier molecular flexibility index (Phi) is 3.89. The Bertz CT molecular complexity index is 495. The molecule has 96 valence electrons. The summed E-state index contributed by atoms with van der Waals surface area (Å²) in [6.45, 7) is 0. The number of rotatable bonds is 5. The fraction of sp³-hybridized carbons (Fsp3) is 0.286. The second kappa shape index (κ2) is 5.60. The minimum atomic E-state index is 0.0702. The van der Waals surface area contributed by atoms with Crippen LogP contribution in [-0.4, -0.2) is 26.3 Å². The number of methoxy groups -OCH3 is 2.